The molecule has 3 aromatic carbocycles. The predicted octanol–water partition coefficient (Wildman–Crippen LogP) is 3.76. The van der Waals surface area contributed by atoms with Crippen molar-refractivity contribution in [3.8, 4) is 22.8 Å². The molecule has 44 heavy (non-hydrogen) atoms. The molecule has 0 saturated heterocycles. The number of aryl methyl sites for hydroxylation is 3. The SMILES string of the molecule is CCCCc1nc(Cl)c(C(=O)Oc2ccc3c(c2)CCC3)n1Cc1cccc2c1ccn2-c1ccccc1-c1nn[nH]n1.[K+]. The Morgan fingerprint density at radius 3 is 2.75 bits per heavy atom. The summed E-state index contributed by atoms with van der Waals surface area (Å²) in [5.41, 5.74) is 6.68. The zero-order valence-electron chi connectivity index (χ0n) is 24.8. The Morgan fingerprint density at radius 1 is 1.05 bits per heavy atom. The van der Waals surface area contributed by atoms with Crippen molar-refractivity contribution < 1.29 is 60.9 Å². The van der Waals surface area contributed by atoms with Gasteiger partial charge in [0.25, 0.3) is 0 Å². The first kappa shape index (κ1) is 30.9. The summed E-state index contributed by atoms with van der Waals surface area (Å²) in [5, 5.41) is 15.9. The molecule has 0 aliphatic heterocycles. The Morgan fingerprint density at radius 2 is 1.91 bits per heavy atom. The summed E-state index contributed by atoms with van der Waals surface area (Å²) in [5.74, 6) is 1.32. The monoisotopic (exact) mass is 630 g/mol. The molecule has 0 amide bonds. The van der Waals surface area contributed by atoms with E-state index in [2.05, 4.69) is 61.4 Å². The maximum absolute atomic E-state index is 13.6. The molecule has 6 aromatic rings. The number of hydrogen-bond donors (Lipinski definition) is 1. The van der Waals surface area contributed by atoms with Crippen molar-refractivity contribution in [2.75, 3.05) is 0 Å². The second-order valence-electron chi connectivity index (χ2n) is 10.8. The first-order valence-corrected chi connectivity index (χ1v) is 15.0. The third-order valence-electron chi connectivity index (χ3n) is 8.13. The van der Waals surface area contributed by atoms with Crippen LogP contribution in [0, 0.1) is 0 Å². The van der Waals surface area contributed by atoms with Gasteiger partial charge in [0, 0.05) is 23.6 Å². The molecule has 0 spiro atoms. The number of para-hydroxylation sites is 1. The van der Waals surface area contributed by atoms with Crippen molar-refractivity contribution in [1.82, 2.24) is 34.7 Å². The van der Waals surface area contributed by atoms with E-state index in [1.165, 1.54) is 11.1 Å². The summed E-state index contributed by atoms with van der Waals surface area (Å²) in [7, 11) is 0. The van der Waals surface area contributed by atoms with E-state index >= 15 is 0 Å². The van der Waals surface area contributed by atoms with Gasteiger partial charge >= 0.3 is 57.4 Å². The molecule has 3 heterocycles. The number of aromatic amines is 1. The number of aromatic nitrogens is 7. The second kappa shape index (κ2) is 13.5. The number of carbonyl (C=O) groups is 1. The van der Waals surface area contributed by atoms with Gasteiger partial charge in [-0.25, -0.2) is 9.78 Å². The van der Waals surface area contributed by atoms with Gasteiger partial charge in [0.15, 0.2) is 10.8 Å². The number of esters is 1. The number of nitrogens with one attached hydrogen (secondary N) is 1. The smallest absolute Gasteiger partial charge is 0.422 e. The van der Waals surface area contributed by atoms with Gasteiger partial charge in [-0.05, 0) is 84.0 Å². The molecule has 1 N–H and O–H groups in total. The number of unbranched alkanes of at least 4 members (excludes halogenated alkanes) is 1. The Bertz CT molecular complexity index is 1950. The normalized spacial score (nSPS) is 12.3. The van der Waals surface area contributed by atoms with E-state index in [-0.39, 0.29) is 62.2 Å². The van der Waals surface area contributed by atoms with E-state index in [0.29, 0.717) is 24.5 Å². The van der Waals surface area contributed by atoms with E-state index in [1.54, 1.807) is 0 Å². The van der Waals surface area contributed by atoms with Crippen LogP contribution < -0.4 is 56.1 Å². The summed E-state index contributed by atoms with van der Waals surface area (Å²) in [6, 6.07) is 22.1. The molecule has 11 heteroatoms. The van der Waals surface area contributed by atoms with Gasteiger partial charge in [0.2, 0.25) is 5.82 Å². The van der Waals surface area contributed by atoms with E-state index in [9.17, 15) is 4.79 Å². The zero-order valence-corrected chi connectivity index (χ0v) is 28.6. The molecule has 0 saturated carbocycles. The topological polar surface area (TPSA) is 104 Å². The first-order chi connectivity index (χ1) is 21.1. The van der Waals surface area contributed by atoms with Gasteiger partial charge in [-0.1, -0.05) is 55.3 Å². The van der Waals surface area contributed by atoms with Gasteiger partial charge in [-0.3, -0.25) is 0 Å². The molecule has 0 fully saturated rings. The van der Waals surface area contributed by atoms with Gasteiger partial charge < -0.3 is 13.9 Å². The molecule has 216 valence electrons. The number of benzene rings is 3. The van der Waals surface area contributed by atoms with Crippen LogP contribution in [0.3, 0.4) is 0 Å². The van der Waals surface area contributed by atoms with Crippen molar-refractivity contribution in [2.24, 2.45) is 0 Å². The largest absolute Gasteiger partial charge is 1.00 e. The van der Waals surface area contributed by atoms with E-state index in [4.69, 9.17) is 16.3 Å². The summed E-state index contributed by atoms with van der Waals surface area (Å²) < 4.78 is 9.93. The maximum atomic E-state index is 13.6. The van der Waals surface area contributed by atoms with Crippen molar-refractivity contribution in [1.29, 1.82) is 0 Å². The number of H-pyrrole nitrogens is 1. The van der Waals surface area contributed by atoms with E-state index in [0.717, 1.165) is 65.6 Å². The van der Waals surface area contributed by atoms with Crippen LogP contribution in [0.25, 0.3) is 28.0 Å². The molecule has 9 nitrogen and oxygen atoms in total. The minimum atomic E-state index is -0.503. The molecule has 0 radical (unpaired) electrons. The summed E-state index contributed by atoms with van der Waals surface area (Å²) in [6.45, 7) is 2.55. The molecular formula is C33H30ClKN7O2+. The minimum Gasteiger partial charge on any atom is -0.422 e. The molecule has 7 rings (SSSR count). The van der Waals surface area contributed by atoms with Crippen LogP contribution in [0.15, 0.2) is 72.9 Å². The molecule has 1 aliphatic rings. The zero-order chi connectivity index (χ0) is 29.3. The molecule has 0 bridgehead atoms. The van der Waals surface area contributed by atoms with E-state index < -0.39 is 5.97 Å². The molecular weight excluding hydrogens is 601 g/mol. The molecule has 1 aliphatic carbocycles. The van der Waals surface area contributed by atoms with Crippen molar-refractivity contribution in [3.05, 3.63) is 106 Å². The van der Waals surface area contributed by atoms with Crippen LogP contribution in [-0.2, 0) is 25.8 Å². The number of hydrogen-bond acceptors (Lipinski definition) is 6. The van der Waals surface area contributed by atoms with Crippen LogP contribution in [-0.4, -0.2) is 40.7 Å². The van der Waals surface area contributed by atoms with Crippen LogP contribution in [0.4, 0.5) is 0 Å². The van der Waals surface area contributed by atoms with Gasteiger partial charge in [-0.2, -0.15) is 5.21 Å². The number of fused-ring (bicyclic) bond motifs is 2. The van der Waals surface area contributed by atoms with Crippen molar-refractivity contribution in [3.63, 3.8) is 0 Å². The van der Waals surface area contributed by atoms with Gasteiger partial charge in [-0.15, -0.1) is 10.2 Å². The van der Waals surface area contributed by atoms with Crippen LogP contribution in [0.5, 0.6) is 5.75 Å². The summed E-state index contributed by atoms with van der Waals surface area (Å²) in [6.07, 6.45) is 7.87. The molecule has 0 unspecified atom stereocenters. The number of ether oxygens (including phenoxy) is 1. The number of imidazole rings is 1. The quantitative estimate of drug-likeness (QED) is 0.148. The fourth-order valence-electron chi connectivity index (χ4n) is 6.02. The number of halogens is 1. The van der Waals surface area contributed by atoms with Gasteiger partial charge in [0.05, 0.1) is 17.7 Å². The van der Waals surface area contributed by atoms with Crippen LogP contribution in [0.1, 0.15) is 59.2 Å². The third kappa shape index (κ3) is 5.94. The summed E-state index contributed by atoms with van der Waals surface area (Å²) >= 11 is 6.66. The second-order valence-corrected chi connectivity index (χ2v) is 11.2. The van der Waals surface area contributed by atoms with Crippen molar-refractivity contribution in [2.45, 2.75) is 52.0 Å². The van der Waals surface area contributed by atoms with E-state index in [1.807, 2.05) is 53.2 Å². The molecule has 0 atom stereocenters. The summed E-state index contributed by atoms with van der Waals surface area (Å²) in [4.78, 5) is 18.3. The maximum Gasteiger partial charge on any atom is 1.00 e. The Balaban J connectivity index is 0.00000343. The van der Waals surface area contributed by atoms with Crippen molar-refractivity contribution >= 4 is 28.5 Å². The average Bonchev–Trinajstić information content (AvgIpc) is 3.83. The number of tetrazole rings is 1. The number of nitrogens with zero attached hydrogens (tertiary/aromatic N) is 6. The number of rotatable bonds is 9. The Kier molecular flexibility index (Phi) is 9.46. The Labute approximate surface area is 302 Å². The first-order valence-electron chi connectivity index (χ1n) is 14.6. The third-order valence-corrected chi connectivity index (χ3v) is 8.40. The molecule has 3 aromatic heterocycles. The van der Waals surface area contributed by atoms with Crippen LogP contribution >= 0.6 is 11.6 Å². The standard InChI is InChI=1S/C33H30ClN7O2.K/c1-2-3-14-29-35-31(34)30(33(42)43-24-16-15-21-8-6-9-22(21)19-24)41(29)20-23-10-7-13-27-25(23)17-18-40(27)28-12-5-4-11-26(28)32-36-38-39-37-32;/h4-5,7,10-13,15-19H,2-3,6,8-9,14,20H2,1H3,(H,36,37,38,39);/q;+1. The fraction of sp³-hybridized carbons (Fsp3) is 0.242. The minimum absolute atomic E-state index is 0. The number of carbonyl (C=O) groups excluding carboxylic acids is 1. The Hall–Kier alpha value is -3.12. The fourth-order valence-corrected chi connectivity index (χ4v) is 6.30. The van der Waals surface area contributed by atoms with Crippen LogP contribution in [0.2, 0.25) is 5.15 Å². The predicted molar refractivity (Wildman–Crippen MR) is 165 cm³/mol. The average molecular weight is 631 g/mol. The van der Waals surface area contributed by atoms with Gasteiger partial charge in [0.1, 0.15) is 11.6 Å².